The molecule has 0 atom stereocenters. The number of hydrogen-bond donors (Lipinski definition) is 0. The van der Waals surface area contributed by atoms with Crippen molar-refractivity contribution in [2.45, 2.75) is 13.5 Å². The monoisotopic (exact) mass is 532 g/mol. The van der Waals surface area contributed by atoms with Gasteiger partial charge in [0.05, 0.1) is 33.9 Å². The lowest BCUT2D eigenvalue weighted by molar-refractivity contribution is 0.104. The molecule has 0 N–H and O–H groups in total. The van der Waals surface area contributed by atoms with Crippen molar-refractivity contribution in [3.05, 3.63) is 78.0 Å². The van der Waals surface area contributed by atoms with Crippen molar-refractivity contribution < 1.29 is 14.3 Å². The lowest BCUT2D eigenvalue weighted by Gasteiger charge is -2.15. The summed E-state index contributed by atoms with van der Waals surface area (Å²) in [6, 6.07) is 5.40. The molecule has 10 heteroatoms. The van der Waals surface area contributed by atoms with Gasteiger partial charge in [-0.05, 0) is 30.7 Å². The normalized spacial score (nSPS) is 11.2. The maximum atomic E-state index is 12.5. The number of carbonyl (C=O) groups excluding carboxylic acids is 1. The van der Waals surface area contributed by atoms with E-state index in [0.717, 1.165) is 11.3 Å². The second kappa shape index (κ2) is 10.4. The first-order chi connectivity index (χ1) is 15.1. The average Bonchev–Trinajstić information content (AvgIpc) is 3.13. The Bertz CT molecular complexity index is 1190. The Kier molecular flexibility index (Phi) is 8.01. The highest BCUT2D eigenvalue weighted by Crippen LogP contribution is 2.48. The van der Waals surface area contributed by atoms with Gasteiger partial charge in [-0.15, -0.1) is 0 Å². The summed E-state index contributed by atoms with van der Waals surface area (Å²) in [5.41, 5.74) is 2.79. The molecule has 32 heavy (non-hydrogen) atoms. The van der Waals surface area contributed by atoms with Crippen molar-refractivity contribution in [3.63, 3.8) is 0 Å². The number of ether oxygens (including phenoxy) is 2. The highest BCUT2D eigenvalue weighted by Gasteiger charge is 2.21. The molecule has 0 aliphatic heterocycles. The first-order valence-electron chi connectivity index (χ1n) is 9.17. The summed E-state index contributed by atoms with van der Waals surface area (Å²) >= 11 is 30.7. The topological polar surface area (TPSA) is 53.3 Å². The molecule has 0 fully saturated rings. The van der Waals surface area contributed by atoms with Crippen LogP contribution in [0.3, 0.4) is 0 Å². The van der Waals surface area contributed by atoms with Crippen LogP contribution in [-0.4, -0.2) is 22.7 Å². The van der Waals surface area contributed by atoms with Crippen molar-refractivity contribution in [3.8, 4) is 11.5 Å². The maximum absolute atomic E-state index is 12.5. The lowest BCUT2D eigenvalue weighted by atomic mass is 10.1. The van der Waals surface area contributed by atoms with Crippen molar-refractivity contribution in [1.82, 2.24) is 9.78 Å². The first-order valence-corrected chi connectivity index (χ1v) is 11.1. The number of aryl methyl sites for hydroxylation is 1. The predicted octanol–water partition coefficient (Wildman–Crippen LogP) is 7.48. The quantitative estimate of drug-likeness (QED) is 0.136. The summed E-state index contributed by atoms with van der Waals surface area (Å²) in [5.74, 6) is 0.543. The van der Waals surface area contributed by atoms with Gasteiger partial charge in [0.15, 0.2) is 11.5 Å². The number of nitrogens with zero attached hydrogens (tertiary/aromatic N) is 2. The average molecular weight is 535 g/mol. The van der Waals surface area contributed by atoms with Crippen LogP contribution in [0.4, 0.5) is 0 Å². The van der Waals surface area contributed by atoms with E-state index in [9.17, 15) is 4.79 Å². The van der Waals surface area contributed by atoms with Gasteiger partial charge in [-0.1, -0.05) is 70.1 Å². The van der Waals surface area contributed by atoms with Gasteiger partial charge in [0, 0.05) is 18.3 Å². The molecule has 0 radical (unpaired) electrons. The summed E-state index contributed by atoms with van der Waals surface area (Å²) < 4.78 is 12.9. The molecule has 0 aliphatic carbocycles. The van der Waals surface area contributed by atoms with Gasteiger partial charge < -0.3 is 9.47 Å². The summed E-state index contributed by atoms with van der Waals surface area (Å²) in [7, 11) is 3.32. The fourth-order valence-corrected chi connectivity index (χ4v) is 4.11. The zero-order valence-corrected chi connectivity index (χ0v) is 21.0. The van der Waals surface area contributed by atoms with Crippen LogP contribution < -0.4 is 9.47 Å². The van der Waals surface area contributed by atoms with E-state index in [2.05, 4.69) is 5.10 Å². The fraction of sp³-hybridized carbons (Fsp3) is 0.182. The number of benzene rings is 2. The van der Waals surface area contributed by atoms with E-state index >= 15 is 0 Å². The van der Waals surface area contributed by atoms with E-state index in [4.69, 9.17) is 67.5 Å². The van der Waals surface area contributed by atoms with Gasteiger partial charge in [0.1, 0.15) is 22.4 Å². The third-order valence-electron chi connectivity index (χ3n) is 4.77. The SMILES string of the molecule is COc1ccc(/C=C/C(=O)c2cnn(C)c2C)cc1COc1c(Cl)c(Cl)c(Cl)c(Cl)c1Cl. The van der Waals surface area contributed by atoms with E-state index in [1.54, 1.807) is 37.2 Å². The molecule has 0 saturated carbocycles. The Morgan fingerprint density at radius 3 is 2.25 bits per heavy atom. The fourth-order valence-electron chi connectivity index (χ4n) is 2.88. The zero-order valence-electron chi connectivity index (χ0n) is 17.2. The number of halogens is 5. The number of hydrogen-bond acceptors (Lipinski definition) is 4. The summed E-state index contributed by atoms with van der Waals surface area (Å²) in [4.78, 5) is 12.5. The molecule has 0 saturated heterocycles. The molecular weight excluding hydrogens is 518 g/mol. The molecule has 5 nitrogen and oxygen atoms in total. The van der Waals surface area contributed by atoms with Crippen LogP contribution in [0.1, 0.15) is 27.2 Å². The number of methoxy groups -OCH3 is 1. The Labute approximate surface area is 210 Å². The molecule has 1 heterocycles. The van der Waals surface area contributed by atoms with Crippen molar-refractivity contribution in [2.24, 2.45) is 7.05 Å². The summed E-state index contributed by atoms with van der Waals surface area (Å²) in [6.45, 7) is 1.89. The van der Waals surface area contributed by atoms with E-state index in [1.807, 2.05) is 19.1 Å². The van der Waals surface area contributed by atoms with Crippen LogP contribution in [0, 0.1) is 6.92 Å². The zero-order chi connectivity index (χ0) is 23.6. The van der Waals surface area contributed by atoms with Crippen molar-refractivity contribution in [1.29, 1.82) is 0 Å². The standard InChI is InChI=1S/C22H17Cl5N2O3/c1-11-14(9-28-29(11)2)15(30)6-4-12-5-7-16(31-3)13(8-12)10-32-22-20(26)18(24)17(23)19(25)21(22)27/h4-9H,10H2,1-3H3/b6-4+. The Balaban J connectivity index is 1.85. The molecule has 0 unspecified atom stereocenters. The molecule has 3 rings (SSSR count). The number of rotatable bonds is 7. The van der Waals surface area contributed by atoms with Gasteiger partial charge in [-0.25, -0.2) is 0 Å². The predicted molar refractivity (Wildman–Crippen MR) is 130 cm³/mol. The minimum Gasteiger partial charge on any atom is -0.496 e. The molecule has 168 valence electrons. The Hall–Kier alpha value is -1.89. The summed E-state index contributed by atoms with van der Waals surface area (Å²) in [6.07, 6.45) is 4.74. The molecule has 3 aromatic rings. The Morgan fingerprint density at radius 2 is 1.69 bits per heavy atom. The Morgan fingerprint density at radius 1 is 1.06 bits per heavy atom. The van der Waals surface area contributed by atoms with E-state index < -0.39 is 0 Å². The van der Waals surface area contributed by atoms with Crippen LogP contribution in [0.25, 0.3) is 6.08 Å². The van der Waals surface area contributed by atoms with E-state index in [1.165, 1.54) is 6.08 Å². The number of allylic oxidation sites excluding steroid dienone is 1. The molecule has 2 aromatic carbocycles. The maximum Gasteiger partial charge on any atom is 0.189 e. The van der Waals surface area contributed by atoms with Crippen LogP contribution in [0.2, 0.25) is 25.1 Å². The summed E-state index contributed by atoms with van der Waals surface area (Å²) in [5, 5.41) is 4.35. The van der Waals surface area contributed by atoms with Gasteiger partial charge in [-0.3, -0.25) is 9.48 Å². The van der Waals surface area contributed by atoms with E-state index in [-0.39, 0.29) is 43.3 Å². The highest BCUT2D eigenvalue weighted by molar-refractivity contribution is 6.55. The molecule has 0 amide bonds. The van der Waals surface area contributed by atoms with Gasteiger partial charge in [0.2, 0.25) is 0 Å². The van der Waals surface area contributed by atoms with Gasteiger partial charge in [-0.2, -0.15) is 5.10 Å². The third-order valence-corrected chi connectivity index (χ3v) is 7.02. The highest BCUT2D eigenvalue weighted by atomic mass is 35.5. The van der Waals surface area contributed by atoms with Crippen molar-refractivity contribution in [2.75, 3.05) is 7.11 Å². The van der Waals surface area contributed by atoms with Crippen LogP contribution in [0.15, 0.2) is 30.5 Å². The molecule has 1 aromatic heterocycles. The minimum atomic E-state index is -0.145. The van der Waals surface area contributed by atoms with Gasteiger partial charge >= 0.3 is 0 Å². The molecule has 0 bridgehead atoms. The number of ketones is 1. The molecule has 0 spiro atoms. The van der Waals surface area contributed by atoms with Crippen LogP contribution in [0.5, 0.6) is 11.5 Å². The van der Waals surface area contributed by atoms with E-state index in [0.29, 0.717) is 16.9 Å². The largest absolute Gasteiger partial charge is 0.496 e. The van der Waals surface area contributed by atoms with Crippen molar-refractivity contribution >= 4 is 69.9 Å². The second-order valence-electron chi connectivity index (χ2n) is 6.72. The van der Waals surface area contributed by atoms with Crippen LogP contribution >= 0.6 is 58.0 Å². The van der Waals surface area contributed by atoms with Crippen LogP contribution in [-0.2, 0) is 13.7 Å². The molecular formula is C22H17Cl5N2O3. The second-order valence-corrected chi connectivity index (χ2v) is 8.61. The first kappa shape index (κ1) is 24.7. The lowest BCUT2D eigenvalue weighted by Crippen LogP contribution is -2.01. The number of carbonyl (C=O) groups is 1. The number of aromatic nitrogens is 2. The third kappa shape index (κ3) is 5.03. The minimum absolute atomic E-state index is 0.0468. The van der Waals surface area contributed by atoms with Gasteiger partial charge in [0.25, 0.3) is 0 Å². The molecule has 0 aliphatic rings. The smallest absolute Gasteiger partial charge is 0.189 e.